The lowest BCUT2D eigenvalue weighted by Gasteiger charge is -2.06. The summed E-state index contributed by atoms with van der Waals surface area (Å²) >= 11 is 1.52. The van der Waals surface area contributed by atoms with E-state index in [0.717, 1.165) is 4.88 Å². The molecule has 0 radical (unpaired) electrons. The second kappa shape index (κ2) is 7.60. The Hall–Kier alpha value is -1.69. The number of amides is 2. The van der Waals surface area contributed by atoms with Crippen molar-refractivity contribution in [3.8, 4) is 0 Å². The predicted octanol–water partition coefficient (Wildman–Crippen LogP) is 1.36. The smallest absolute Gasteiger partial charge is 0.249 e. The van der Waals surface area contributed by atoms with Gasteiger partial charge in [-0.05, 0) is 17.4 Å². The van der Waals surface area contributed by atoms with Crippen LogP contribution in [0.15, 0.2) is 22.6 Å². The summed E-state index contributed by atoms with van der Waals surface area (Å²) in [6.45, 7) is 4.56. The van der Waals surface area contributed by atoms with Crippen molar-refractivity contribution in [3.05, 3.63) is 22.4 Å². The zero-order chi connectivity index (χ0) is 13.4. The predicted molar refractivity (Wildman–Crippen MR) is 72.5 cm³/mol. The van der Waals surface area contributed by atoms with Crippen LogP contribution in [-0.2, 0) is 9.59 Å². The molecule has 0 atom stereocenters. The molecule has 6 heteroatoms. The van der Waals surface area contributed by atoms with E-state index in [2.05, 4.69) is 15.8 Å². The molecule has 0 saturated heterocycles. The van der Waals surface area contributed by atoms with Gasteiger partial charge in [0.15, 0.2) is 0 Å². The molecule has 5 nitrogen and oxygen atoms in total. The summed E-state index contributed by atoms with van der Waals surface area (Å²) in [5, 5.41) is 8.35. The summed E-state index contributed by atoms with van der Waals surface area (Å²) in [7, 11) is 0. The molecule has 0 unspecified atom stereocenters. The molecule has 2 amide bonds. The van der Waals surface area contributed by atoms with E-state index >= 15 is 0 Å². The van der Waals surface area contributed by atoms with Crippen LogP contribution < -0.4 is 10.7 Å². The van der Waals surface area contributed by atoms with Crippen molar-refractivity contribution in [2.24, 2.45) is 11.0 Å². The summed E-state index contributed by atoms with van der Waals surface area (Å²) in [4.78, 5) is 23.6. The number of hydrazone groups is 1. The first-order valence-electron chi connectivity index (χ1n) is 5.70. The molecule has 2 N–H and O–H groups in total. The molecular weight excluding hydrogens is 250 g/mol. The third-order valence-corrected chi connectivity index (χ3v) is 2.76. The van der Waals surface area contributed by atoms with Crippen LogP contribution in [0, 0.1) is 5.92 Å². The largest absolute Gasteiger partial charge is 0.355 e. The number of carbonyl (C=O) groups is 2. The first-order chi connectivity index (χ1) is 8.58. The Morgan fingerprint density at radius 1 is 1.44 bits per heavy atom. The van der Waals surface area contributed by atoms with Gasteiger partial charge in [0.25, 0.3) is 0 Å². The van der Waals surface area contributed by atoms with E-state index < -0.39 is 5.91 Å². The van der Waals surface area contributed by atoms with E-state index in [0.29, 0.717) is 12.5 Å². The highest BCUT2D eigenvalue weighted by Crippen LogP contribution is 2.03. The average Bonchev–Trinajstić information content (AvgIpc) is 2.79. The van der Waals surface area contributed by atoms with Crippen molar-refractivity contribution in [1.82, 2.24) is 10.7 Å². The van der Waals surface area contributed by atoms with Gasteiger partial charge in [-0.3, -0.25) is 9.59 Å². The normalized spacial score (nSPS) is 10.8. The zero-order valence-corrected chi connectivity index (χ0v) is 11.3. The maximum Gasteiger partial charge on any atom is 0.249 e. The Morgan fingerprint density at radius 3 is 2.83 bits per heavy atom. The van der Waals surface area contributed by atoms with Gasteiger partial charge in [-0.1, -0.05) is 19.9 Å². The lowest BCUT2D eigenvalue weighted by Crippen LogP contribution is -2.32. The molecule has 0 saturated carbocycles. The van der Waals surface area contributed by atoms with Crippen LogP contribution in [0.2, 0.25) is 0 Å². The second-order valence-electron chi connectivity index (χ2n) is 4.18. The van der Waals surface area contributed by atoms with Gasteiger partial charge in [0.05, 0.1) is 6.21 Å². The molecule has 18 heavy (non-hydrogen) atoms. The monoisotopic (exact) mass is 267 g/mol. The van der Waals surface area contributed by atoms with Gasteiger partial charge in [-0.25, -0.2) is 5.43 Å². The zero-order valence-electron chi connectivity index (χ0n) is 10.5. The molecule has 0 bridgehead atoms. The van der Waals surface area contributed by atoms with Gasteiger partial charge >= 0.3 is 0 Å². The number of hydrogen-bond acceptors (Lipinski definition) is 4. The fraction of sp³-hybridized carbons (Fsp3) is 0.417. The lowest BCUT2D eigenvalue weighted by molar-refractivity contribution is -0.129. The Morgan fingerprint density at radius 2 is 2.22 bits per heavy atom. The van der Waals surface area contributed by atoms with Gasteiger partial charge < -0.3 is 5.32 Å². The fourth-order valence-electron chi connectivity index (χ4n) is 1.10. The molecule has 1 aromatic heterocycles. The standard InChI is InChI=1S/C12H17N3O2S/c1-9(2)7-13-11(16)6-12(17)15-14-8-10-4-3-5-18-10/h3-5,8-9H,6-7H2,1-2H3,(H,13,16)(H,15,17)/b14-8+. The summed E-state index contributed by atoms with van der Waals surface area (Å²) in [6.07, 6.45) is 1.35. The van der Waals surface area contributed by atoms with Crippen molar-refractivity contribution in [1.29, 1.82) is 0 Å². The van der Waals surface area contributed by atoms with Gasteiger partial charge in [-0.15, -0.1) is 11.3 Å². The molecule has 1 rings (SSSR count). The van der Waals surface area contributed by atoms with Crippen molar-refractivity contribution in [2.45, 2.75) is 20.3 Å². The molecule has 0 spiro atoms. The quantitative estimate of drug-likeness (QED) is 0.464. The van der Waals surface area contributed by atoms with Crippen LogP contribution in [0.25, 0.3) is 0 Å². The van der Waals surface area contributed by atoms with Gasteiger partial charge in [0.2, 0.25) is 11.8 Å². The summed E-state index contributed by atoms with van der Waals surface area (Å²) in [5.74, 6) is -0.328. The minimum atomic E-state index is -0.413. The van der Waals surface area contributed by atoms with E-state index in [1.165, 1.54) is 11.3 Å². The number of thiophene rings is 1. The topological polar surface area (TPSA) is 70.6 Å². The Labute approximate surface area is 110 Å². The maximum absolute atomic E-state index is 11.3. The van der Waals surface area contributed by atoms with E-state index in [9.17, 15) is 9.59 Å². The molecular formula is C12H17N3O2S. The van der Waals surface area contributed by atoms with Crippen LogP contribution in [-0.4, -0.2) is 24.6 Å². The van der Waals surface area contributed by atoms with Crippen molar-refractivity contribution >= 4 is 29.4 Å². The fourth-order valence-corrected chi connectivity index (χ4v) is 1.68. The molecule has 98 valence electrons. The highest BCUT2D eigenvalue weighted by molar-refractivity contribution is 7.11. The van der Waals surface area contributed by atoms with Gasteiger partial charge in [-0.2, -0.15) is 5.10 Å². The molecule has 0 aliphatic heterocycles. The van der Waals surface area contributed by atoms with E-state index in [1.54, 1.807) is 6.21 Å². The minimum Gasteiger partial charge on any atom is -0.355 e. The molecule has 0 fully saturated rings. The second-order valence-corrected chi connectivity index (χ2v) is 5.16. The molecule has 1 heterocycles. The van der Waals surface area contributed by atoms with Gasteiger partial charge in [0, 0.05) is 11.4 Å². The highest BCUT2D eigenvalue weighted by Gasteiger charge is 2.08. The SMILES string of the molecule is CC(C)CNC(=O)CC(=O)N/N=C/c1cccs1. The van der Waals surface area contributed by atoms with Crippen LogP contribution in [0.5, 0.6) is 0 Å². The molecule has 1 aromatic rings. The van der Waals surface area contributed by atoms with Gasteiger partial charge in [0.1, 0.15) is 6.42 Å². The number of rotatable bonds is 6. The van der Waals surface area contributed by atoms with Crippen LogP contribution in [0.3, 0.4) is 0 Å². The Bertz CT molecular complexity index is 413. The summed E-state index contributed by atoms with van der Waals surface area (Å²) in [5.41, 5.74) is 2.32. The van der Waals surface area contributed by atoms with Crippen molar-refractivity contribution in [2.75, 3.05) is 6.54 Å². The highest BCUT2D eigenvalue weighted by atomic mass is 32.1. The number of nitrogens with one attached hydrogen (secondary N) is 2. The molecule has 0 aromatic carbocycles. The average molecular weight is 267 g/mol. The lowest BCUT2D eigenvalue weighted by atomic mass is 10.2. The van der Waals surface area contributed by atoms with E-state index in [1.807, 2.05) is 31.4 Å². The van der Waals surface area contributed by atoms with Crippen LogP contribution >= 0.6 is 11.3 Å². The maximum atomic E-state index is 11.3. The Balaban J connectivity index is 2.23. The minimum absolute atomic E-state index is 0.200. The van der Waals surface area contributed by atoms with Crippen LogP contribution in [0.4, 0.5) is 0 Å². The Kier molecular flexibility index (Phi) is 6.07. The third-order valence-electron chi connectivity index (χ3n) is 1.95. The number of hydrogen-bond donors (Lipinski definition) is 2. The first-order valence-corrected chi connectivity index (χ1v) is 6.58. The third kappa shape index (κ3) is 6.15. The molecule has 0 aliphatic rings. The first kappa shape index (κ1) is 14.4. The number of carbonyl (C=O) groups excluding carboxylic acids is 2. The molecule has 0 aliphatic carbocycles. The van der Waals surface area contributed by atoms with Crippen molar-refractivity contribution < 1.29 is 9.59 Å². The summed E-state index contributed by atoms with van der Waals surface area (Å²) in [6, 6.07) is 3.78. The number of nitrogens with zero attached hydrogens (tertiary/aromatic N) is 1. The van der Waals surface area contributed by atoms with E-state index in [-0.39, 0.29) is 12.3 Å². The van der Waals surface area contributed by atoms with E-state index in [4.69, 9.17) is 0 Å². The van der Waals surface area contributed by atoms with Crippen LogP contribution in [0.1, 0.15) is 25.1 Å². The summed E-state index contributed by atoms with van der Waals surface area (Å²) < 4.78 is 0. The van der Waals surface area contributed by atoms with Crippen molar-refractivity contribution in [3.63, 3.8) is 0 Å².